The summed E-state index contributed by atoms with van der Waals surface area (Å²) in [6, 6.07) is 6.05. The van der Waals surface area contributed by atoms with Crippen LogP contribution in [-0.4, -0.2) is 43.6 Å². The Morgan fingerprint density at radius 2 is 2.00 bits per heavy atom. The van der Waals surface area contributed by atoms with Gasteiger partial charge >= 0.3 is 0 Å². The Hall–Kier alpha value is -1.26. The zero-order valence-corrected chi connectivity index (χ0v) is 13.8. The van der Waals surface area contributed by atoms with Gasteiger partial charge in [0, 0.05) is 26.2 Å². The molecule has 1 fully saturated rings. The highest BCUT2D eigenvalue weighted by molar-refractivity contribution is 5.85. The molecule has 0 radical (unpaired) electrons. The quantitative estimate of drug-likeness (QED) is 0.928. The highest BCUT2D eigenvalue weighted by atomic mass is 35.5. The number of halogens is 1. The van der Waals surface area contributed by atoms with E-state index in [1.165, 1.54) is 11.1 Å². The Labute approximate surface area is 133 Å². The number of rotatable bonds is 4. The summed E-state index contributed by atoms with van der Waals surface area (Å²) in [5.41, 5.74) is 2.54. The number of piperazine rings is 1. The molecular weight excluding hydrogens is 288 g/mol. The van der Waals surface area contributed by atoms with E-state index in [-0.39, 0.29) is 24.9 Å². The molecule has 0 aromatic heterocycles. The number of carbonyl (C=O) groups is 1. The smallest absolute Gasteiger partial charge is 0.260 e. The summed E-state index contributed by atoms with van der Waals surface area (Å²) < 4.78 is 5.62. The molecule has 0 unspecified atom stereocenters. The fourth-order valence-corrected chi connectivity index (χ4v) is 2.54. The van der Waals surface area contributed by atoms with E-state index in [0.29, 0.717) is 5.92 Å². The molecule has 1 heterocycles. The van der Waals surface area contributed by atoms with E-state index in [9.17, 15) is 4.79 Å². The van der Waals surface area contributed by atoms with Gasteiger partial charge in [0.15, 0.2) is 6.61 Å². The van der Waals surface area contributed by atoms with Crippen LogP contribution in [0.5, 0.6) is 5.75 Å². The van der Waals surface area contributed by atoms with Gasteiger partial charge in [-0.3, -0.25) is 4.79 Å². The van der Waals surface area contributed by atoms with Crippen molar-refractivity contribution >= 4 is 18.3 Å². The summed E-state index contributed by atoms with van der Waals surface area (Å²) in [5, 5.41) is 3.23. The van der Waals surface area contributed by atoms with Crippen molar-refractivity contribution < 1.29 is 9.53 Å². The molecule has 0 atom stereocenters. The van der Waals surface area contributed by atoms with Crippen LogP contribution in [0.25, 0.3) is 0 Å². The summed E-state index contributed by atoms with van der Waals surface area (Å²) in [7, 11) is 0. The molecule has 4 nitrogen and oxygen atoms in total. The van der Waals surface area contributed by atoms with Crippen molar-refractivity contribution in [1.29, 1.82) is 0 Å². The number of ether oxygens (including phenoxy) is 1. The molecule has 118 valence electrons. The molecule has 1 N–H and O–H groups in total. The van der Waals surface area contributed by atoms with Gasteiger partial charge in [0.05, 0.1) is 0 Å². The monoisotopic (exact) mass is 312 g/mol. The molecule has 1 aromatic carbocycles. The first kappa shape index (κ1) is 17.8. The van der Waals surface area contributed by atoms with Crippen LogP contribution in [0, 0.1) is 6.92 Å². The largest absolute Gasteiger partial charge is 0.484 e. The lowest BCUT2D eigenvalue weighted by molar-refractivity contribution is -0.133. The lowest BCUT2D eigenvalue weighted by atomic mass is 9.98. The van der Waals surface area contributed by atoms with Crippen LogP contribution < -0.4 is 10.1 Å². The standard InChI is InChI=1S/C16H24N2O2.ClH/c1-12(2)15-5-4-14(10-13(15)3)20-11-16(19)18-8-6-17-7-9-18;/h4-5,10,12,17H,6-9,11H2,1-3H3;1H. The third kappa shape index (κ3) is 4.90. The first-order valence-electron chi connectivity index (χ1n) is 7.30. The minimum Gasteiger partial charge on any atom is -0.484 e. The van der Waals surface area contributed by atoms with Crippen molar-refractivity contribution in [2.45, 2.75) is 26.7 Å². The summed E-state index contributed by atoms with van der Waals surface area (Å²) in [5.74, 6) is 1.35. The normalized spacial score (nSPS) is 14.8. The predicted molar refractivity (Wildman–Crippen MR) is 87.5 cm³/mol. The third-order valence-corrected chi connectivity index (χ3v) is 3.70. The Morgan fingerprint density at radius 3 is 2.57 bits per heavy atom. The molecular formula is C16H25ClN2O2. The van der Waals surface area contributed by atoms with Crippen LogP contribution >= 0.6 is 12.4 Å². The summed E-state index contributed by atoms with van der Waals surface area (Å²) in [6.07, 6.45) is 0. The zero-order valence-electron chi connectivity index (χ0n) is 13.0. The maximum absolute atomic E-state index is 12.0. The number of hydrogen-bond donors (Lipinski definition) is 1. The first-order valence-corrected chi connectivity index (χ1v) is 7.30. The molecule has 0 bridgehead atoms. The molecule has 0 saturated carbocycles. The Balaban J connectivity index is 0.00000220. The molecule has 1 saturated heterocycles. The Kier molecular flexibility index (Phi) is 6.99. The number of nitrogens with one attached hydrogen (secondary N) is 1. The Morgan fingerprint density at radius 1 is 1.33 bits per heavy atom. The zero-order chi connectivity index (χ0) is 14.5. The number of nitrogens with zero attached hydrogens (tertiary/aromatic N) is 1. The van der Waals surface area contributed by atoms with Gasteiger partial charge in [-0.15, -0.1) is 12.4 Å². The molecule has 1 aliphatic rings. The summed E-state index contributed by atoms with van der Waals surface area (Å²) >= 11 is 0. The number of carbonyl (C=O) groups excluding carboxylic acids is 1. The predicted octanol–water partition coefficient (Wildman–Crippen LogP) is 2.35. The van der Waals surface area contributed by atoms with Crippen LogP contribution in [-0.2, 0) is 4.79 Å². The SMILES string of the molecule is Cc1cc(OCC(=O)N2CCNCC2)ccc1C(C)C.Cl. The van der Waals surface area contributed by atoms with Gasteiger partial charge < -0.3 is 15.0 Å². The van der Waals surface area contributed by atoms with Gasteiger partial charge in [-0.25, -0.2) is 0 Å². The van der Waals surface area contributed by atoms with Crippen LogP contribution in [0.2, 0.25) is 0 Å². The number of benzene rings is 1. The first-order chi connectivity index (χ1) is 9.58. The van der Waals surface area contributed by atoms with Gasteiger partial charge in [0.1, 0.15) is 5.75 Å². The van der Waals surface area contributed by atoms with E-state index in [1.807, 2.05) is 17.0 Å². The van der Waals surface area contributed by atoms with Crippen LogP contribution in [0.1, 0.15) is 30.9 Å². The summed E-state index contributed by atoms with van der Waals surface area (Å²) in [4.78, 5) is 13.9. The Bertz CT molecular complexity index is 471. The van der Waals surface area contributed by atoms with Crippen molar-refractivity contribution in [3.05, 3.63) is 29.3 Å². The lowest BCUT2D eigenvalue weighted by Crippen LogP contribution is -2.47. The van der Waals surface area contributed by atoms with Crippen molar-refractivity contribution in [3.63, 3.8) is 0 Å². The minimum atomic E-state index is 0. The van der Waals surface area contributed by atoms with E-state index in [4.69, 9.17) is 4.74 Å². The van der Waals surface area contributed by atoms with Gasteiger partial charge in [-0.05, 0) is 36.1 Å². The maximum atomic E-state index is 12.0. The highest BCUT2D eigenvalue weighted by Crippen LogP contribution is 2.23. The third-order valence-electron chi connectivity index (χ3n) is 3.70. The fourth-order valence-electron chi connectivity index (χ4n) is 2.54. The number of amides is 1. The van der Waals surface area contributed by atoms with Gasteiger partial charge in [-0.1, -0.05) is 19.9 Å². The van der Waals surface area contributed by atoms with Crippen molar-refractivity contribution in [3.8, 4) is 5.75 Å². The number of hydrogen-bond acceptors (Lipinski definition) is 3. The van der Waals surface area contributed by atoms with E-state index in [1.54, 1.807) is 0 Å². The minimum absolute atomic E-state index is 0. The van der Waals surface area contributed by atoms with Crippen molar-refractivity contribution in [2.24, 2.45) is 0 Å². The van der Waals surface area contributed by atoms with Crippen molar-refractivity contribution in [1.82, 2.24) is 10.2 Å². The molecule has 21 heavy (non-hydrogen) atoms. The van der Waals surface area contributed by atoms with Crippen LogP contribution in [0.3, 0.4) is 0 Å². The van der Waals surface area contributed by atoms with Crippen LogP contribution in [0.15, 0.2) is 18.2 Å². The second kappa shape index (κ2) is 8.25. The van der Waals surface area contributed by atoms with Gasteiger partial charge in [0.2, 0.25) is 0 Å². The average Bonchev–Trinajstić information content (AvgIpc) is 2.45. The number of aryl methyl sites for hydroxylation is 1. The van der Waals surface area contributed by atoms with Crippen LogP contribution in [0.4, 0.5) is 0 Å². The highest BCUT2D eigenvalue weighted by Gasteiger charge is 2.16. The van der Waals surface area contributed by atoms with E-state index in [0.717, 1.165) is 31.9 Å². The van der Waals surface area contributed by atoms with E-state index in [2.05, 4.69) is 32.2 Å². The molecule has 1 aromatic rings. The lowest BCUT2D eigenvalue weighted by Gasteiger charge is -2.27. The molecule has 1 amide bonds. The van der Waals surface area contributed by atoms with Crippen molar-refractivity contribution in [2.75, 3.05) is 32.8 Å². The molecule has 2 rings (SSSR count). The van der Waals surface area contributed by atoms with Gasteiger partial charge in [0.25, 0.3) is 5.91 Å². The molecule has 0 spiro atoms. The molecule has 5 heteroatoms. The fraction of sp³-hybridized carbons (Fsp3) is 0.562. The molecule has 0 aliphatic carbocycles. The summed E-state index contributed by atoms with van der Waals surface area (Å²) in [6.45, 7) is 9.84. The van der Waals surface area contributed by atoms with Gasteiger partial charge in [-0.2, -0.15) is 0 Å². The second-order valence-corrected chi connectivity index (χ2v) is 5.59. The maximum Gasteiger partial charge on any atom is 0.260 e. The van der Waals surface area contributed by atoms with E-state index >= 15 is 0 Å². The van der Waals surface area contributed by atoms with E-state index < -0.39 is 0 Å². The average molecular weight is 313 g/mol. The molecule has 1 aliphatic heterocycles. The topological polar surface area (TPSA) is 41.6 Å². The second-order valence-electron chi connectivity index (χ2n) is 5.59.